The van der Waals surface area contributed by atoms with Gasteiger partial charge in [-0.15, -0.1) is 0 Å². The van der Waals surface area contributed by atoms with Gasteiger partial charge in [-0.2, -0.15) is 0 Å². The van der Waals surface area contributed by atoms with Crippen LogP contribution in [0.1, 0.15) is 11.5 Å². The van der Waals surface area contributed by atoms with Crippen molar-refractivity contribution < 1.29 is 17.5 Å². The molecule has 0 saturated heterocycles. The number of nitrogens with two attached hydrogens (primary N) is 1. The van der Waals surface area contributed by atoms with Crippen LogP contribution in [0.3, 0.4) is 0 Å². The number of halogens is 1. The molecule has 1 aliphatic rings. The van der Waals surface area contributed by atoms with Crippen LogP contribution in [-0.4, -0.2) is 33.9 Å². The smallest absolute Gasteiger partial charge is 0.182 e. The molecular formula is C18H20FNO3S. The van der Waals surface area contributed by atoms with Crippen LogP contribution in [0.5, 0.6) is 0 Å². The number of benzene rings is 2. The van der Waals surface area contributed by atoms with Gasteiger partial charge in [0.2, 0.25) is 0 Å². The lowest BCUT2D eigenvalue weighted by Gasteiger charge is -2.14. The van der Waals surface area contributed by atoms with Crippen LogP contribution in [0.4, 0.5) is 4.39 Å². The summed E-state index contributed by atoms with van der Waals surface area (Å²) in [6, 6.07) is 14.3. The molecule has 3 atom stereocenters. The van der Waals surface area contributed by atoms with E-state index in [0.717, 1.165) is 5.56 Å². The maximum absolute atomic E-state index is 13.2. The van der Waals surface area contributed by atoms with Crippen molar-refractivity contribution in [3.8, 4) is 0 Å². The van der Waals surface area contributed by atoms with Crippen molar-refractivity contribution in [1.29, 1.82) is 0 Å². The van der Waals surface area contributed by atoms with Crippen LogP contribution in [0.2, 0.25) is 0 Å². The molecule has 0 amide bonds. The van der Waals surface area contributed by atoms with Crippen molar-refractivity contribution in [3.05, 3.63) is 66.0 Å². The van der Waals surface area contributed by atoms with Gasteiger partial charge in [-0.25, -0.2) is 12.8 Å². The Labute approximate surface area is 141 Å². The van der Waals surface area contributed by atoms with E-state index in [1.807, 2.05) is 0 Å². The molecule has 6 heteroatoms. The van der Waals surface area contributed by atoms with Crippen LogP contribution in [0, 0.1) is 11.2 Å². The highest BCUT2D eigenvalue weighted by Crippen LogP contribution is 2.63. The molecule has 1 fully saturated rings. The standard InChI is InChI=1S/C18H20FNO3S/c1-23-12-18(11-20)16(13-7-9-14(19)10-8-13)17(18)24(21,22)15-5-3-2-4-6-15/h2-10,16-17H,11-12,20H2,1H3/t16-,17-,18-/m0/s1. The number of sulfone groups is 1. The fraction of sp³-hybridized carbons (Fsp3) is 0.333. The van der Waals surface area contributed by atoms with Gasteiger partial charge in [0.05, 0.1) is 16.8 Å². The monoisotopic (exact) mass is 349 g/mol. The molecule has 1 aliphatic carbocycles. The summed E-state index contributed by atoms with van der Waals surface area (Å²) in [6.07, 6.45) is 0. The Morgan fingerprint density at radius 2 is 1.75 bits per heavy atom. The second kappa shape index (κ2) is 6.27. The van der Waals surface area contributed by atoms with Crippen molar-refractivity contribution >= 4 is 9.84 Å². The Hall–Kier alpha value is -1.76. The molecule has 2 aromatic carbocycles. The Morgan fingerprint density at radius 3 is 2.29 bits per heavy atom. The van der Waals surface area contributed by atoms with E-state index in [1.54, 1.807) is 42.5 Å². The molecule has 2 N–H and O–H groups in total. The van der Waals surface area contributed by atoms with Gasteiger partial charge in [0.1, 0.15) is 5.82 Å². The van der Waals surface area contributed by atoms with Gasteiger partial charge >= 0.3 is 0 Å². The van der Waals surface area contributed by atoms with Gasteiger partial charge < -0.3 is 10.5 Å². The van der Waals surface area contributed by atoms with Gasteiger partial charge in [-0.1, -0.05) is 30.3 Å². The lowest BCUT2D eigenvalue weighted by atomic mass is 10.00. The van der Waals surface area contributed by atoms with Crippen molar-refractivity contribution in [1.82, 2.24) is 0 Å². The summed E-state index contributed by atoms with van der Waals surface area (Å²) < 4.78 is 44.7. The van der Waals surface area contributed by atoms with Crippen LogP contribution < -0.4 is 5.73 Å². The van der Waals surface area contributed by atoms with Crippen molar-refractivity contribution in [2.45, 2.75) is 16.1 Å². The molecule has 2 aromatic rings. The first-order valence-electron chi connectivity index (χ1n) is 7.71. The van der Waals surface area contributed by atoms with E-state index in [1.165, 1.54) is 19.2 Å². The zero-order valence-electron chi connectivity index (χ0n) is 13.4. The highest BCUT2D eigenvalue weighted by Gasteiger charge is 2.70. The maximum atomic E-state index is 13.2. The minimum absolute atomic E-state index is 0.180. The molecule has 128 valence electrons. The molecule has 0 aliphatic heterocycles. The Morgan fingerprint density at radius 1 is 1.12 bits per heavy atom. The van der Waals surface area contributed by atoms with Crippen LogP contribution in [0.25, 0.3) is 0 Å². The van der Waals surface area contributed by atoms with Gasteiger partial charge in [0.15, 0.2) is 9.84 Å². The lowest BCUT2D eigenvalue weighted by Crippen LogP contribution is -2.28. The van der Waals surface area contributed by atoms with E-state index >= 15 is 0 Å². The lowest BCUT2D eigenvalue weighted by molar-refractivity contribution is 0.142. The van der Waals surface area contributed by atoms with E-state index < -0.39 is 20.5 Å². The number of hydrogen-bond acceptors (Lipinski definition) is 4. The molecule has 4 nitrogen and oxygen atoms in total. The predicted octanol–water partition coefficient (Wildman–Crippen LogP) is 2.36. The highest BCUT2D eigenvalue weighted by atomic mass is 32.2. The first kappa shape index (κ1) is 17.1. The molecule has 1 saturated carbocycles. The molecular weight excluding hydrogens is 329 g/mol. The summed E-state index contributed by atoms with van der Waals surface area (Å²) in [5.74, 6) is -0.666. The molecule has 0 aromatic heterocycles. The third-order valence-electron chi connectivity index (χ3n) is 4.81. The largest absolute Gasteiger partial charge is 0.384 e. The van der Waals surface area contributed by atoms with Gasteiger partial charge in [0.25, 0.3) is 0 Å². The fourth-order valence-electron chi connectivity index (χ4n) is 3.62. The molecule has 0 unspecified atom stereocenters. The Kier molecular flexibility index (Phi) is 4.46. The third kappa shape index (κ3) is 2.64. The van der Waals surface area contributed by atoms with Crippen molar-refractivity contribution in [2.75, 3.05) is 20.3 Å². The van der Waals surface area contributed by atoms with Crippen molar-refractivity contribution in [2.24, 2.45) is 11.1 Å². The van der Waals surface area contributed by atoms with Crippen LogP contribution in [0.15, 0.2) is 59.5 Å². The second-order valence-corrected chi connectivity index (χ2v) is 8.25. The Bertz CT molecular complexity index is 808. The summed E-state index contributed by atoms with van der Waals surface area (Å²) in [7, 11) is -2.04. The number of ether oxygens (including phenoxy) is 1. The summed E-state index contributed by atoms with van der Waals surface area (Å²) >= 11 is 0. The topological polar surface area (TPSA) is 69.4 Å². The normalized spacial score (nSPS) is 26.3. The molecule has 0 radical (unpaired) electrons. The molecule has 24 heavy (non-hydrogen) atoms. The minimum Gasteiger partial charge on any atom is -0.384 e. The maximum Gasteiger partial charge on any atom is 0.182 e. The van der Waals surface area contributed by atoms with Crippen LogP contribution >= 0.6 is 0 Å². The van der Waals surface area contributed by atoms with Crippen molar-refractivity contribution in [3.63, 3.8) is 0 Å². The summed E-state index contributed by atoms with van der Waals surface area (Å²) in [5.41, 5.74) is 6.03. The molecule has 0 spiro atoms. The predicted molar refractivity (Wildman–Crippen MR) is 89.9 cm³/mol. The van der Waals surface area contributed by atoms with Gasteiger partial charge in [-0.3, -0.25) is 0 Å². The molecule has 0 bridgehead atoms. The minimum atomic E-state index is -3.57. The third-order valence-corrected chi connectivity index (χ3v) is 7.15. The summed E-state index contributed by atoms with van der Waals surface area (Å²) in [4.78, 5) is 0.272. The molecule has 3 rings (SSSR count). The summed E-state index contributed by atoms with van der Waals surface area (Å²) in [6.45, 7) is 0.419. The number of hydrogen-bond donors (Lipinski definition) is 1. The van der Waals surface area contributed by atoms with Gasteiger partial charge in [-0.05, 0) is 29.8 Å². The van der Waals surface area contributed by atoms with E-state index in [4.69, 9.17) is 10.5 Å². The zero-order chi connectivity index (χ0) is 17.4. The van der Waals surface area contributed by atoms with Crippen LogP contribution in [-0.2, 0) is 14.6 Å². The average Bonchev–Trinajstić information content (AvgIpc) is 3.26. The van der Waals surface area contributed by atoms with E-state index in [-0.39, 0.29) is 29.8 Å². The highest BCUT2D eigenvalue weighted by molar-refractivity contribution is 7.92. The quantitative estimate of drug-likeness (QED) is 0.869. The van der Waals surface area contributed by atoms with E-state index in [0.29, 0.717) is 0 Å². The zero-order valence-corrected chi connectivity index (χ0v) is 14.2. The first-order valence-corrected chi connectivity index (χ1v) is 9.25. The van der Waals surface area contributed by atoms with E-state index in [2.05, 4.69) is 0 Å². The van der Waals surface area contributed by atoms with Gasteiger partial charge in [0, 0.05) is 25.0 Å². The first-order chi connectivity index (χ1) is 11.5. The average molecular weight is 349 g/mol. The SMILES string of the molecule is COC[C@@]1(CN)[C@@H](c2ccc(F)cc2)[C@@H]1S(=O)(=O)c1ccccc1. The summed E-state index contributed by atoms with van der Waals surface area (Å²) in [5, 5.41) is -0.678. The Balaban J connectivity index is 2.05. The fourth-order valence-corrected chi connectivity index (χ4v) is 6.08. The number of methoxy groups -OCH3 is 1. The second-order valence-electron chi connectivity index (χ2n) is 6.18. The molecule has 0 heterocycles. The number of rotatable bonds is 6. The van der Waals surface area contributed by atoms with E-state index in [9.17, 15) is 12.8 Å².